The van der Waals surface area contributed by atoms with Crippen molar-refractivity contribution in [2.75, 3.05) is 19.8 Å². The number of hydrogen-bond donors (Lipinski definition) is 1. The summed E-state index contributed by atoms with van der Waals surface area (Å²) in [7, 11) is 0. The Bertz CT molecular complexity index is 382. The minimum atomic E-state index is -0.758. The van der Waals surface area contributed by atoms with Gasteiger partial charge < -0.3 is 10.1 Å². The zero-order chi connectivity index (χ0) is 13.5. The van der Waals surface area contributed by atoms with Gasteiger partial charge in [0.1, 0.15) is 0 Å². The van der Waals surface area contributed by atoms with Gasteiger partial charge in [0.25, 0.3) is 0 Å². The molecule has 102 valence electrons. The van der Waals surface area contributed by atoms with Crippen LogP contribution < -0.4 is 5.32 Å². The van der Waals surface area contributed by atoms with Gasteiger partial charge in [0.05, 0.1) is 0 Å². The Balaban J connectivity index is 2.87. The van der Waals surface area contributed by atoms with Crippen LogP contribution in [0.1, 0.15) is 37.4 Å². The van der Waals surface area contributed by atoms with Gasteiger partial charge in [-0.05, 0) is 32.4 Å². The van der Waals surface area contributed by atoms with Crippen molar-refractivity contribution in [3.8, 4) is 0 Å². The summed E-state index contributed by atoms with van der Waals surface area (Å²) in [5, 5.41) is 3.16. The van der Waals surface area contributed by atoms with Crippen LogP contribution in [0.5, 0.6) is 0 Å². The lowest BCUT2D eigenvalue weighted by Crippen LogP contribution is -2.24. The standard InChI is InChI=1S/C14H21F2NO/c1-4-17-12(8-9-18-5-2)11-7-6-10(3)13(15)14(11)16/h6-7,12,17H,4-5,8-9H2,1-3H3. The molecular formula is C14H21F2NO. The topological polar surface area (TPSA) is 21.3 Å². The van der Waals surface area contributed by atoms with Gasteiger partial charge in [-0.2, -0.15) is 0 Å². The van der Waals surface area contributed by atoms with E-state index in [-0.39, 0.29) is 6.04 Å². The molecular weight excluding hydrogens is 236 g/mol. The van der Waals surface area contributed by atoms with Gasteiger partial charge in [-0.15, -0.1) is 0 Å². The first kappa shape index (κ1) is 15.1. The van der Waals surface area contributed by atoms with E-state index in [0.29, 0.717) is 37.3 Å². The molecule has 1 atom stereocenters. The van der Waals surface area contributed by atoms with Crippen molar-refractivity contribution in [3.05, 3.63) is 34.9 Å². The van der Waals surface area contributed by atoms with Gasteiger partial charge in [-0.1, -0.05) is 19.1 Å². The smallest absolute Gasteiger partial charge is 0.163 e. The molecule has 0 aliphatic heterocycles. The van der Waals surface area contributed by atoms with E-state index in [0.717, 1.165) is 0 Å². The molecule has 1 aromatic rings. The maximum atomic E-state index is 13.9. The molecule has 1 rings (SSSR count). The van der Waals surface area contributed by atoms with Crippen LogP contribution in [-0.4, -0.2) is 19.8 Å². The van der Waals surface area contributed by atoms with Gasteiger partial charge in [-0.3, -0.25) is 0 Å². The molecule has 0 amide bonds. The summed E-state index contributed by atoms with van der Waals surface area (Å²) in [6.07, 6.45) is 0.626. The minimum Gasteiger partial charge on any atom is -0.382 e. The van der Waals surface area contributed by atoms with E-state index in [9.17, 15) is 8.78 Å². The molecule has 0 saturated carbocycles. The summed E-state index contributed by atoms with van der Waals surface area (Å²) in [5.74, 6) is -1.51. The monoisotopic (exact) mass is 257 g/mol. The Morgan fingerprint density at radius 1 is 1.22 bits per heavy atom. The molecule has 0 aromatic heterocycles. The molecule has 1 N–H and O–H groups in total. The lowest BCUT2D eigenvalue weighted by Gasteiger charge is -2.19. The minimum absolute atomic E-state index is 0.211. The quantitative estimate of drug-likeness (QED) is 0.756. The second-order valence-electron chi connectivity index (χ2n) is 4.20. The van der Waals surface area contributed by atoms with Crippen molar-refractivity contribution in [1.29, 1.82) is 0 Å². The van der Waals surface area contributed by atoms with E-state index in [1.165, 1.54) is 0 Å². The van der Waals surface area contributed by atoms with Gasteiger partial charge in [0.15, 0.2) is 11.6 Å². The highest BCUT2D eigenvalue weighted by molar-refractivity contribution is 5.27. The summed E-state index contributed by atoms with van der Waals surface area (Å²) in [6, 6.07) is 3.04. The predicted octanol–water partition coefficient (Wildman–Crippen LogP) is 3.35. The van der Waals surface area contributed by atoms with Crippen molar-refractivity contribution in [3.63, 3.8) is 0 Å². The number of halogens is 2. The van der Waals surface area contributed by atoms with E-state index >= 15 is 0 Å². The van der Waals surface area contributed by atoms with Crippen LogP contribution >= 0.6 is 0 Å². The molecule has 18 heavy (non-hydrogen) atoms. The van der Waals surface area contributed by atoms with Crippen LogP contribution in [0.15, 0.2) is 12.1 Å². The molecule has 0 saturated heterocycles. The van der Waals surface area contributed by atoms with E-state index in [1.807, 2.05) is 13.8 Å². The highest BCUT2D eigenvalue weighted by Gasteiger charge is 2.18. The fraction of sp³-hybridized carbons (Fsp3) is 0.571. The number of nitrogens with one attached hydrogen (secondary N) is 1. The van der Waals surface area contributed by atoms with E-state index in [1.54, 1.807) is 19.1 Å². The molecule has 0 aliphatic carbocycles. The third-order valence-corrected chi connectivity index (χ3v) is 2.89. The molecule has 0 heterocycles. The Labute approximate surface area is 107 Å². The molecule has 1 unspecified atom stereocenters. The number of benzene rings is 1. The zero-order valence-electron chi connectivity index (χ0n) is 11.2. The van der Waals surface area contributed by atoms with Crippen LogP contribution in [-0.2, 0) is 4.74 Å². The normalized spacial score (nSPS) is 12.7. The lowest BCUT2D eigenvalue weighted by molar-refractivity contribution is 0.136. The number of aryl methyl sites for hydroxylation is 1. The van der Waals surface area contributed by atoms with E-state index < -0.39 is 11.6 Å². The predicted molar refractivity (Wildman–Crippen MR) is 68.6 cm³/mol. The third-order valence-electron chi connectivity index (χ3n) is 2.89. The number of hydrogen-bond acceptors (Lipinski definition) is 2. The first-order valence-electron chi connectivity index (χ1n) is 6.37. The highest BCUT2D eigenvalue weighted by Crippen LogP contribution is 2.24. The van der Waals surface area contributed by atoms with Crippen molar-refractivity contribution in [2.45, 2.75) is 33.2 Å². The maximum Gasteiger partial charge on any atom is 0.163 e. The van der Waals surface area contributed by atoms with Gasteiger partial charge in [0, 0.05) is 24.8 Å². The summed E-state index contributed by atoms with van der Waals surface area (Å²) in [5.41, 5.74) is 0.705. The van der Waals surface area contributed by atoms with Crippen LogP contribution in [0.25, 0.3) is 0 Å². The van der Waals surface area contributed by atoms with Gasteiger partial charge >= 0.3 is 0 Å². The summed E-state index contributed by atoms with van der Waals surface area (Å²) < 4.78 is 32.7. The fourth-order valence-corrected chi connectivity index (χ4v) is 1.89. The SMILES string of the molecule is CCNC(CCOCC)c1ccc(C)c(F)c1F. The number of ether oxygens (including phenoxy) is 1. The third kappa shape index (κ3) is 3.75. The van der Waals surface area contributed by atoms with Crippen molar-refractivity contribution >= 4 is 0 Å². The molecule has 0 radical (unpaired) electrons. The summed E-state index contributed by atoms with van der Waals surface area (Å²) >= 11 is 0. The first-order chi connectivity index (χ1) is 8.61. The molecule has 4 heteroatoms. The van der Waals surface area contributed by atoms with E-state index in [2.05, 4.69) is 5.32 Å². The Hall–Kier alpha value is -1.00. The van der Waals surface area contributed by atoms with Gasteiger partial charge in [0.2, 0.25) is 0 Å². The van der Waals surface area contributed by atoms with Crippen LogP contribution in [0.2, 0.25) is 0 Å². The molecule has 2 nitrogen and oxygen atoms in total. The maximum absolute atomic E-state index is 13.9. The molecule has 0 fully saturated rings. The highest BCUT2D eigenvalue weighted by atomic mass is 19.2. The summed E-state index contributed by atoms with van der Waals surface area (Å²) in [4.78, 5) is 0. The van der Waals surface area contributed by atoms with Crippen molar-refractivity contribution in [1.82, 2.24) is 5.32 Å². The average Bonchev–Trinajstić information content (AvgIpc) is 2.36. The van der Waals surface area contributed by atoms with Crippen LogP contribution in [0, 0.1) is 18.6 Å². The molecule has 0 spiro atoms. The Kier molecular flexibility index (Phi) is 6.22. The molecule has 1 aromatic carbocycles. The zero-order valence-corrected chi connectivity index (χ0v) is 11.2. The van der Waals surface area contributed by atoms with Crippen LogP contribution in [0.3, 0.4) is 0 Å². The fourth-order valence-electron chi connectivity index (χ4n) is 1.89. The van der Waals surface area contributed by atoms with Crippen molar-refractivity contribution in [2.24, 2.45) is 0 Å². The van der Waals surface area contributed by atoms with Crippen LogP contribution in [0.4, 0.5) is 8.78 Å². The Morgan fingerprint density at radius 2 is 1.94 bits per heavy atom. The van der Waals surface area contributed by atoms with Gasteiger partial charge in [-0.25, -0.2) is 8.78 Å². The number of rotatable bonds is 7. The largest absolute Gasteiger partial charge is 0.382 e. The average molecular weight is 257 g/mol. The van der Waals surface area contributed by atoms with Crippen molar-refractivity contribution < 1.29 is 13.5 Å². The second kappa shape index (κ2) is 7.44. The first-order valence-corrected chi connectivity index (χ1v) is 6.37. The lowest BCUT2D eigenvalue weighted by atomic mass is 10.0. The molecule has 0 bridgehead atoms. The summed E-state index contributed by atoms with van der Waals surface area (Å²) in [6.45, 7) is 7.27. The van der Waals surface area contributed by atoms with E-state index in [4.69, 9.17) is 4.74 Å². The second-order valence-corrected chi connectivity index (χ2v) is 4.20. The Morgan fingerprint density at radius 3 is 2.56 bits per heavy atom. The molecule has 0 aliphatic rings.